The molecule has 0 radical (unpaired) electrons. The van der Waals surface area contributed by atoms with Crippen LogP contribution in [-0.2, 0) is 5.48 Å². The molecule has 0 aliphatic heterocycles. The van der Waals surface area contributed by atoms with E-state index in [-0.39, 0.29) is 86.6 Å². The van der Waals surface area contributed by atoms with Gasteiger partial charge in [0.1, 0.15) is 0 Å². The zero-order chi connectivity index (χ0) is 3.58. The molecule has 0 saturated carbocycles. The van der Waals surface area contributed by atoms with Gasteiger partial charge in [-0.3, -0.25) is 0 Å². The average molecular weight is 303 g/mol. The van der Waals surface area contributed by atoms with Crippen molar-refractivity contribution < 1.29 is 56.1 Å². The van der Waals surface area contributed by atoms with Gasteiger partial charge in [0.2, 0.25) is 0 Å². The molecular formula is CLaO4Sr+. The van der Waals surface area contributed by atoms with Gasteiger partial charge in [-0.15, -0.1) is 0 Å². The Bertz CT molecular complexity index is 34.7. The van der Waals surface area contributed by atoms with Crippen LogP contribution in [0.2, 0.25) is 0 Å². The van der Waals surface area contributed by atoms with Crippen molar-refractivity contribution in [1.82, 2.24) is 0 Å². The number of rotatable bonds is 0. The molecule has 0 amide bonds. The molecule has 0 aromatic carbocycles. The van der Waals surface area contributed by atoms with Gasteiger partial charge in [-0.25, -0.2) is 0 Å². The van der Waals surface area contributed by atoms with Crippen molar-refractivity contribution in [2.45, 2.75) is 0 Å². The molecule has 6 heteroatoms. The summed E-state index contributed by atoms with van der Waals surface area (Å²) in [5.41, 5.74) is 0. The molecule has 4 nitrogen and oxygen atoms in total. The predicted octanol–water partition coefficient (Wildman–Crippen LogP) is -2.95. The molecule has 32 valence electrons. The summed E-state index contributed by atoms with van der Waals surface area (Å²) in [5, 5.41) is 16.7. The van der Waals surface area contributed by atoms with Crippen molar-refractivity contribution in [3.8, 4) is 0 Å². The van der Waals surface area contributed by atoms with Gasteiger partial charge in [-0.1, -0.05) is 0 Å². The van der Waals surface area contributed by atoms with Crippen molar-refractivity contribution in [1.29, 1.82) is 0 Å². The van der Waals surface area contributed by atoms with Gasteiger partial charge >= 0.3 is 81.1 Å². The van der Waals surface area contributed by atoms with Crippen LogP contribution in [0.15, 0.2) is 0 Å². The minimum absolute atomic E-state index is 0. The van der Waals surface area contributed by atoms with Gasteiger partial charge in [0.25, 0.3) is 0 Å². The second-order valence-electron chi connectivity index (χ2n) is 0.250. The molecule has 0 atom stereocenters. The zero-order valence-electron chi connectivity index (χ0n) is 3.42. The molecule has 0 aromatic rings. The Labute approximate surface area is 105 Å². The average Bonchev–Trinajstić information content (AvgIpc) is 0.811. The van der Waals surface area contributed by atoms with E-state index in [2.05, 4.69) is 0 Å². The van der Waals surface area contributed by atoms with E-state index in [0.29, 0.717) is 0 Å². The Morgan fingerprint density at radius 1 is 1.29 bits per heavy atom. The first-order valence-corrected chi connectivity index (χ1v) is 0.612. The van der Waals surface area contributed by atoms with Gasteiger partial charge in [0, 0.05) is 0 Å². The SMILES string of the molecule is O=C([O-])[O-].[La+3].[O-2].[Sr+2]. The number of carbonyl (C=O) groups is 1. The van der Waals surface area contributed by atoms with Crippen LogP contribution in [0.4, 0.5) is 4.79 Å². The molecule has 0 heterocycles. The van der Waals surface area contributed by atoms with Gasteiger partial charge < -0.3 is 20.5 Å². The smallest absolute Gasteiger partial charge is 2.00 e. The third-order valence-corrected chi connectivity index (χ3v) is 0. The van der Waals surface area contributed by atoms with E-state index >= 15 is 0 Å². The third kappa shape index (κ3) is 75.9. The van der Waals surface area contributed by atoms with E-state index in [1.165, 1.54) is 0 Å². The Morgan fingerprint density at radius 2 is 1.29 bits per heavy atom. The van der Waals surface area contributed by atoms with E-state index in [4.69, 9.17) is 15.0 Å². The van der Waals surface area contributed by atoms with Crippen LogP contribution in [0, 0.1) is 35.6 Å². The summed E-state index contributed by atoms with van der Waals surface area (Å²) in [6.07, 6.45) is -2.33. The molecule has 7 heavy (non-hydrogen) atoms. The molecule has 0 spiro atoms. The summed E-state index contributed by atoms with van der Waals surface area (Å²) >= 11 is 0. The fourth-order valence-corrected chi connectivity index (χ4v) is 0. The minimum Gasteiger partial charge on any atom is -2.00 e. The van der Waals surface area contributed by atoms with Crippen molar-refractivity contribution in [3.05, 3.63) is 0 Å². The van der Waals surface area contributed by atoms with Crippen LogP contribution in [0.5, 0.6) is 0 Å². The van der Waals surface area contributed by atoms with Crippen LogP contribution in [0.25, 0.3) is 0 Å². The van der Waals surface area contributed by atoms with Crippen molar-refractivity contribution in [2.75, 3.05) is 0 Å². The standard InChI is InChI=1S/CH2O3.La.O.Sr/c2-1(3)4;;;/h(H2,2,3,4);;;/q;+3;-2;+2/p-2. The van der Waals surface area contributed by atoms with Gasteiger partial charge in [-0.2, -0.15) is 0 Å². The molecule has 0 bridgehead atoms. The first-order chi connectivity index (χ1) is 1.73. The number of carbonyl (C=O) groups excluding carboxylic acids is 1. The summed E-state index contributed by atoms with van der Waals surface area (Å²) in [7, 11) is 0. The summed E-state index contributed by atoms with van der Waals surface area (Å²) in [4.78, 5) is 8.33. The molecule has 0 saturated heterocycles. The van der Waals surface area contributed by atoms with Crippen molar-refractivity contribution in [2.24, 2.45) is 0 Å². The summed E-state index contributed by atoms with van der Waals surface area (Å²) in [6, 6.07) is 0. The number of carboxylic acid groups (broad SMARTS) is 2. The molecule has 0 N–H and O–H groups in total. The third-order valence-electron chi connectivity index (χ3n) is 0. The molecule has 0 aromatic heterocycles. The number of hydrogen-bond acceptors (Lipinski definition) is 3. The van der Waals surface area contributed by atoms with Crippen LogP contribution < -0.4 is 10.2 Å². The normalized spacial score (nSPS) is 3.43. The molecule has 0 unspecified atom stereocenters. The van der Waals surface area contributed by atoms with Crippen molar-refractivity contribution in [3.63, 3.8) is 0 Å². The van der Waals surface area contributed by atoms with Gasteiger partial charge in [0.15, 0.2) is 0 Å². The van der Waals surface area contributed by atoms with E-state index in [9.17, 15) is 0 Å². The van der Waals surface area contributed by atoms with E-state index in [1.54, 1.807) is 0 Å². The maximum atomic E-state index is 8.33. The fourth-order valence-electron chi connectivity index (χ4n) is 0. The van der Waals surface area contributed by atoms with Crippen LogP contribution in [0.3, 0.4) is 0 Å². The number of hydrogen-bond donors (Lipinski definition) is 0. The topological polar surface area (TPSA) is 91.7 Å². The fraction of sp³-hybridized carbons (Fsp3) is 0. The maximum Gasteiger partial charge on any atom is 3.00 e. The Kier molecular flexibility index (Phi) is 51.8. The first kappa shape index (κ1) is 23.1. The van der Waals surface area contributed by atoms with Crippen LogP contribution in [-0.4, -0.2) is 51.6 Å². The second kappa shape index (κ2) is 15.7. The summed E-state index contributed by atoms with van der Waals surface area (Å²) in [5.74, 6) is 0. The second-order valence-corrected chi connectivity index (χ2v) is 0.250. The quantitative estimate of drug-likeness (QED) is 0.448. The molecule has 0 aliphatic rings. The monoisotopic (exact) mass is 303 g/mol. The van der Waals surface area contributed by atoms with Crippen LogP contribution >= 0.6 is 0 Å². The molecular weight excluding hydrogens is 303 g/mol. The maximum absolute atomic E-state index is 8.33. The summed E-state index contributed by atoms with van der Waals surface area (Å²) in [6.45, 7) is 0. The Balaban J connectivity index is -0.0000000150. The predicted molar refractivity (Wildman–Crippen MR) is 11.8 cm³/mol. The summed E-state index contributed by atoms with van der Waals surface area (Å²) < 4.78 is 0. The Hall–Kier alpha value is 1.91. The Morgan fingerprint density at radius 3 is 1.29 bits per heavy atom. The largest absolute Gasteiger partial charge is 3.00 e. The molecule has 0 fully saturated rings. The zero-order valence-corrected chi connectivity index (χ0v) is 10.5. The van der Waals surface area contributed by atoms with Gasteiger partial charge in [-0.05, 0) is 6.16 Å². The van der Waals surface area contributed by atoms with Crippen LogP contribution in [0.1, 0.15) is 0 Å². The van der Waals surface area contributed by atoms with Crippen molar-refractivity contribution >= 4 is 51.6 Å². The van der Waals surface area contributed by atoms with E-state index in [1.807, 2.05) is 0 Å². The van der Waals surface area contributed by atoms with Gasteiger partial charge in [0.05, 0.1) is 0 Å². The molecule has 0 aliphatic carbocycles. The minimum atomic E-state index is -2.33. The van der Waals surface area contributed by atoms with E-state index in [0.717, 1.165) is 0 Å². The molecule has 0 rings (SSSR count). The first-order valence-electron chi connectivity index (χ1n) is 0.612. The van der Waals surface area contributed by atoms with E-state index < -0.39 is 6.16 Å².